The molecule has 27 heavy (non-hydrogen) atoms. The highest BCUT2D eigenvalue weighted by atomic mass is 16.5. The number of aliphatic imine (C=N–C) groups is 1. The summed E-state index contributed by atoms with van der Waals surface area (Å²) in [5.41, 5.74) is 1.13. The van der Waals surface area contributed by atoms with Gasteiger partial charge in [-0.2, -0.15) is 5.10 Å². The molecule has 2 atom stereocenters. The molecule has 0 saturated carbocycles. The van der Waals surface area contributed by atoms with Crippen LogP contribution in [0.3, 0.4) is 0 Å². The molecule has 7 nitrogen and oxygen atoms in total. The van der Waals surface area contributed by atoms with Crippen molar-refractivity contribution in [3.05, 3.63) is 18.0 Å². The third-order valence-electron chi connectivity index (χ3n) is 5.60. The number of aromatic nitrogens is 2. The molecule has 2 fully saturated rings. The minimum Gasteiger partial charge on any atom is -0.370 e. The van der Waals surface area contributed by atoms with Crippen molar-refractivity contribution in [2.45, 2.75) is 45.8 Å². The number of guanidine groups is 1. The number of morpholine rings is 1. The van der Waals surface area contributed by atoms with Crippen molar-refractivity contribution in [3.8, 4) is 0 Å². The largest absolute Gasteiger partial charge is 0.370 e. The highest BCUT2D eigenvalue weighted by molar-refractivity contribution is 5.80. The number of hydrogen-bond donors (Lipinski definition) is 1. The van der Waals surface area contributed by atoms with Crippen LogP contribution in [-0.4, -0.2) is 77.5 Å². The molecule has 152 valence electrons. The maximum Gasteiger partial charge on any atom is 0.194 e. The van der Waals surface area contributed by atoms with E-state index in [9.17, 15) is 0 Å². The number of aryl methyl sites for hydroxylation is 1. The zero-order valence-corrected chi connectivity index (χ0v) is 17.4. The van der Waals surface area contributed by atoms with Gasteiger partial charge in [0, 0.05) is 37.9 Å². The molecule has 7 heteroatoms. The van der Waals surface area contributed by atoms with E-state index >= 15 is 0 Å². The van der Waals surface area contributed by atoms with E-state index in [0.29, 0.717) is 18.6 Å². The maximum absolute atomic E-state index is 5.99. The van der Waals surface area contributed by atoms with Gasteiger partial charge in [-0.1, -0.05) is 13.8 Å². The Morgan fingerprint density at radius 3 is 2.74 bits per heavy atom. The van der Waals surface area contributed by atoms with E-state index in [4.69, 9.17) is 9.73 Å². The third-order valence-corrected chi connectivity index (χ3v) is 5.60. The second-order valence-electron chi connectivity index (χ2n) is 8.00. The van der Waals surface area contributed by atoms with Crippen molar-refractivity contribution < 1.29 is 4.74 Å². The van der Waals surface area contributed by atoms with Crippen molar-refractivity contribution >= 4 is 5.96 Å². The smallest absolute Gasteiger partial charge is 0.194 e. The second kappa shape index (κ2) is 9.55. The average Bonchev–Trinajstić information content (AvgIpc) is 3.33. The number of likely N-dealkylation sites (tertiary alicyclic amines) is 1. The molecule has 2 aliphatic rings. The monoisotopic (exact) mass is 376 g/mol. The van der Waals surface area contributed by atoms with Gasteiger partial charge in [0.2, 0.25) is 0 Å². The fourth-order valence-electron chi connectivity index (χ4n) is 4.08. The minimum atomic E-state index is 0.0517. The van der Waals surface area contributed by atoms with Gasteiger partial charge < -0.3 is 15.0 Å². The first-order valence-electron chi connectivity index (χ1n) is 10.5. The molecular weight excluding hydrogens is 340 g/mol. The second-order valence-corrected chi connectivity index (χ2v) is 8.00. The van der Waals surface area contributed by atoms with Gasteiger partial charge in [0.05, 0.1) is 25.9 Å². The molecule has 2 unspecified atom stereocenters. The van der Waals surface area contributed by atoms with Gasteiger partial charge in [-0.05, 0) is 38.8 Å². The Hall–Kier alpha value is -1.60. The highest BCUT2D eigenvalue weighted by Crippen LogP contribution is 2.22. The van der Waals surface area contributed by atoms with E-state index in [1.54, 1.807) is 0 Å². The summed E-state index contributed by atoms with van der Waals surface area (Å²) in [5.74, 6) is 1.63. The Labute approximate surface area is 163 Å². The Balaban J connectivity index is 1.68. The van der Waals surface area contributed by atoms with Gasteiger partial charge in [-0.25, -0.2) is 0 Å². The molecule has 3 rings (SSSR count). The fraction of sp³-hybridized carbons (Fsp3) is 0.800. The third kappa shape index (κ3) is 5.23. The van der Waals surface area contributed by atoms with Crippen LogP contribution in [0.1, 0.15) is 45.3 Å². The van der Waals surface area contributed by atoms with Gasteiger partial charge in [-0.15, -0.1) is 0 Å². The van der Waals surface area contributed by atoms with Crippen LogP contribution in [0.2, 0.25) is 0 Å². The fourth-order valence-corrected chi connectivity index (χ4v) is 4.08. The van der Waals surface area contributed by atoms with E-state index in [0.717, 1.165) is 37.7 Å². The van der Waals surface area contributed by atoms with E-state index in [-0.39, 0.29) is 6.10 Å². The molecule has 0 spiro atoms. The molecule has 2 aliphatic heterocycles. The number of nitrogens with zero attached hydrogens (tertiary/aromatic N) is 5. The molecule has 3 heterocycles. The van der Waals surface area contributed by atoms with E-state index in [1.807, 2.05) is 24.1 Å². The first kappa shape index (κ1) is 20.1. The summed E-state index contributed by atoms with van der Waals surface area (Å²) in [7, 11) is 1.94. The van der Waals surface area contributed by atoms with Crippen LogP contribution in [0.25, 0.3) is 0 Å². The Morgan fingerprint density at radius 1 is 1.33 bits per heavy atom. The van der Waals surface area contributed by atoms with Crippen LogP contribution in [0.4, 0.5) is 0 Å². The molecule has 0 radical (unpaired) electrons. The lowest BCUT2D eigenvalue weighted by Crippen LogP contribution is -2.49. The molecule has 0 aromatic carbocycles. The molecule has 0 aliphatic carbocycles. The summed E-state index contributed by atoms with van der Waals surface area (Å²) >= 11 is 0. The number of nitrogens with one attached hydrogen (secondary N) is 1. The maximum atomic E-state index is 5.99. The summed E-state index contributed by atoms with van der Waals surface area (Å²) in [5, 5.41) is 7.78. The molecule has 1 aromatic rings. The summed E-state index contributed by atoms with van der Waals surface area (Å²) in [6, 6.07) is 0.524. The number of hydrogen-bond acceptors (Lipinski definition) is 4. The van der Waals surface area contributed by atoms with E-state index in [2.05, 4.69) is 41.0 Å². The Bertz CT molecular complexity index is 607. The van der Waals surface area contributed by atoms with Crippen molar-refractivity contribution in [1.82, 2.24) is 24.9 Å². The normalized spacial score (nSPS) is 23.2. The number of ether oxygens (including phenoxy) is 1. The van der Waals surface area contributed by atoms with Crippen molar-refractivity contribution in [2.75, 3.05) is 45.9 Å². The topological polar surface area (TPSA) is 57.9 Å². The van der Waals surface area contributed by atoms with Crippen molar-refractivity contribution in [2.24, 2.45) is 18.0 Å². The highest BCUT2D eigenvalue weighted by Gasteiger charge is 2.27. The summed E-state index contributed by atoms with van der Waals surface area (Å²) in [4.78, 5) is 10.0. The van der Waals surface area contributed by atoms with Gasteiger partial charge in [0.25, 0.3) is 0 Å². The van der Waals surface area contributed by atoms with Crippen molar-refractivity contribution in [3.63, 3.8) is 0 Å². The quantitative estimate of drug-likeness (QED) is 0.607. The van der Waals surface area contributed by atoms with Crippen LogP contribution in [0.15, 0.2) is 17.4 Å². The van der Waals surface area contributed by atoms with Crippen LogP contribution >= 0.6 is 0 Å². The lowest BCUT2D eigenvalue weighted by atomic mass is 10.0. The molecular formula is C20H36N6O. The lowest BCUT2D eigenvalue weighted by Gasteiger charge is -2.35. The van der Waals surface area contributed by atoms with Crippen molar-refractivity contribution in [1.29, 1.82) is 0 Å². The molecule has 2 saturated heterocycles. The lowest BCUT2D eigenvalue weighted by molar-refractivity contribution is -0.00809. The van der Waals surface area contributed by atoms with Gasteiger partial charge in [0.1, 0.15) is 6.10 Å². The van der Waals surface area contributed by atoms with Crippen LogP contribution in [0.5, 0.6) is 0 Å². The van der Waals surface area contributed by atoms with Crippen LogP contribution in [-0.2, 0) is 11.8 Å². The molecule has 0 bridgehead atoms. The zero-order chi connectivity index (χ0) is 19.2. The Kier molecular flexibility index (Phi) is 7.13. The summed E-state index contributed by atoms with van der Waals surface area (Å²) < 4.78 is 7.83. The zero-order valence-electron chi connectivity index (χ0n) is 17.4. The molecule has 0 amide bonds. The predicted octanol–water partition coefficient (Wildman–Crippen LogP) is 1.88. The summed E-state index contributed by atoms with van der Waals surface area (Å²) in [6.45, 7) is 13.3. The van der Waals surface area contributed by atoms with Crippen LogP contribution in [0, 0.1) is 5.92 Å². The first-order chi connectivity index (χ1) is 13.1. The van der Waals surface area contributed by atoms with Gasteiger partial charge in [0.15, 0.2) is 5.96 Å². The Morgan fingerprint density at radius 2 is 2.11 bits per heavy atom. The molecule has 1 N–H and O–H groups in total. The standard InChI is InChI=1S/C20H36N6O/c1-5-21-20(22-13-18(16(2)3)25-8-6-7-9-25)26-10-11-27-19(15-26)17-12-23-24(4)14-17/h12,14,16,18-19H,5-11,13,15H2,1-4H3,(H,21,22). The van der Waals surface area contributed by atoms with Gasteiger partial charge >= 0.3 is 0 Å². The first-order valence-corrected chi connectivity index (χ1v) is 10.5. The SMILES string of the molecule is CCNC(=NCC(C(C)C)N1CCCC1)N1CCOC(c2cnn(C)c2)C1. The van der Waals surface area contributed by atoms with Crippen LogP contribution < -0.4 is 5.32 Å². The van der Waals surface area contributed by atoms with E-state index in [1.165, 1.54) is 25.9 Å². The number of rotatable bonds is 6. The molecule has 1 aromatic heterocycles. The summed E-state index contributed by atoms with van der Waals surface area (Å²) in [6.07, 6.45) is 6.64. The van der Waals surface area contributed by atoms with E-state index < -0.39 is 0 Å². The minimum absolute atomic E-state index is 0.0517. The average molecular weight is 377 g/mol. The predicted molar refractivity (Wildman–Crippen MR) is 109 cm³/mol. The van der Waals surface area contributed by atoms with Gasteiger partial charge in [-0.3, -0.25) is 14.6 Å².